The van der Waals surface area contributed by atoms with Crippen LogP contribution in [-0.4, -0.2) is 52.2 Å². The summed E-state index contributed by atoms with van der Waals surface area (Å²) >= 11 is 0. The summed E-state index contributed by atoms with van der Waals surface area (Å²) in [6, 6.07) is 5.06. The van der Waals surface area contributed by atoms with Crippen molar-refractivity contribution >= 4 is 21.6 Å². The highest BCUT2D eigenvalue weighted by atomic mass is 32.2. The number of carbonyl (C=O) groups is 1. The molecule has 0 fully saturated rings. The monoisotopic (exact) mass is 344 g/mol. The summed E-state index contributed by atoms with van der Waals surface area (Å²) in [5, 5.41) is 2.72. The van der Waals surface area contributed by atoms with Gasteiger partial charge in [0.15, 0.2) is 0 Å². The first-order valence-corrected chi connectivity index (χ1v) is 9.13. The molecule has 23 heavy (non-hydrogen) atoms. The fraction of sp³-hybridized carbons (Fsp3) is 0.533. The molecule has 1 N–H and O–H groups in total. The Morgan fingerprint density at radius 3 is 2.43 bits per heavy atom. The van der Waals surface area contributed by atoms with E-state index in [9.17, 15) is 13.2 Å². The number of nitrogens with one attached hydrogen (secondary N) is 1. The van der Waals surface area contributed by atoms with Crippen LogP contribution in [-0.2, 0) is 14.8 Å². The van der Waals surface area contributed by atoms with Crippen molar-refractivity contribution < 1.29 is 22.7 Å². The third-order valence-electron chi connectivity index (χ3n) is 3.21. The molecule has 0 heterocycles. The van der Waals surface area contributed by atoms with Crippen LogP contribution in [0.3, 0.4) is 0 Å². The number of carbonyl (C=O) groups excluding carboxylic acids is 1. The number of ether oxygens (including phenoxy) is 2. The summed E-state index contributed by atoms with van der Waals surface area (Å²) in [5.41, 5.74) is 0.484. The van der Waals surface area contributed by atoms with Crippen LogP contribution in [0.2, 0.25) is 0 Å². The second-order valence-electron chi connectivity index (χ2n) is 5.03. The zero-order chi connectivity index (χ0) is 17.5. The molecule has 130 valence electrons. The molecule has 0 spiro atoms. The van der Waals surface area contributed by atoms with E-state index in [1.807, 2.05) is 6.92 Å². The molecule has 0 aliphatic rings. The Kier molecular flexibility index (Phi) is 7.31. The van der Waals surface area contributed by atoms with Gasteiger partial charge in [-0.1, -0.05) is 6.92 Å². The van der Waals surface area contributed by atoms with Crippen LogP contribution in [0.15, 0.2) is 18.2 Å². The maximum atomic E-state index is 12.1. The highest BCUT2D eigenvalue weighted by Gasteiger charge is 2.17. The summed E-state index contributed by atoms with van der Waals surface area (Å²) in [6.07, 6.45) is 1.90. The molecular formula is C15H24N2O5S. The van der Waals surface area contributed by atoms with Gasteiger partial charge in [0.25, 0.3) is 0 Å². The van der Waals surface area contributed by atoms with Gasteiger partial charge in [-0.25, -0.2) is 12.7 Å². The molecule has 1 aromatic rings. The van der Waals surface area contributed by atoms with Crippen LogP contribution >= 0.6 is 0 Å². The average Bonchev–Trinajstić information content (AvgIpc) is 2.50. The molecule has 0 aliphatic carbocycles. The smallest absolute Gasteiger partial charge is 0.225 e. The Balaban J connectivity index is 2.73. The highest BCUT2D eigenvalue weighted by Crippen LogP contribution is 2.28. The number of amides is 1. The van der Waals surface area contributed by atoms with E-state index in [4.69, 9.17) is 9.47 Å². The molecular weight excluding hydrogens is 320 g/mol. The zero-order valence-electron chi connectivity index (χ0n) is 14.0. The normalized spacial score (nSPS) is 11.3. The van der Waals surface area contributed by atoms with Gasteiger partial charge in [0.1, 0.15) is 11.5 Å². The van der Waals surface area contributed by atoms with Crippen LogP contribution in [0.5, 0.6) is 11.5 Å². The van der Waals surface area contributed by atoms with Crippen molar-refractivity contribution in [2.75, 3.05) is 38.9 Å². The molecule has 1 amide bonds. The summed E-state index contributed by atoms with van der Waals surface area (Å²) in [5.74, 6) is 0.804. The molecule has 0 aromatic heterocycles. The molecule has 1 rings (SSSR count). The van der Waals surface area contributed by atoms with Crippen LogP contribution in [0.1, 0.15) is 19.8 Å². The maximum absolute atomic E-state index is 12.1. The Labute approximate surface area is 137 Å². The molecule has 0 saturated carbocycles. The Hall–Kier alpha value is -1.80. The van der Waals surface area contributed by atoms with E-state index in [-0.39, 0.29) is 18.9 Å². The van der Waals surface area contributed by atoms with E-state index in [1.165, 1.54) is 18.5 Å². The van der Waals surface area contributed by atoms with Crippen LogP contribution < -0.4 is 14.8 Å². The summed E-state index contributed by atoms with van der Waals surface area (Å²) < 4.78 is 34.9. The lowest BCUT2D eigenvalue weighted by Crippen LogP contribution is -2.33. The predicted octanol–water partition coefficient (Wildman–Crippen LogP) is 1.70. The fourth-order valence-electron chi connectivity index (χ4n) is 2.04. The molecule has 0 radical (unpaired) electrons. The van der Waals surface area contributed by atoms with Crippen LogP contribution in [0.25, 0.3) is 0 Å². The molecule has 8 heteroatoms. The number of benzene rings is 1. The third kappa shape index (κ3) is 6.07. The van der Waals surface area contributed by atoms with E-state index >= 15 is 0 Å². The highest BCUT2D eigenvalue weighted by molar-refractivity contribution is 7.88. The van der Waals surface area contributed by atoms with E-state index in [0.29, 0.717) is 30.2 Å². The summed E-state index contributed by atoms with van der Waals surface area (Å²) in [4.78, 5) is 12.1. The van der Waals surface area contributed by atoms with E-state index in [0.717, 1.165) is 6.26 Å². The van der Waals surface area contributed by atoms with Crippen molar-refractivity contribution in [3.05, 3.63) is 18.2 Å². The van der Waals surface area contributed by atoms with Crippen molar-refractivity contribution in [3.8, 4) is 11.5 Å². The van der Waals surface area contributed by atoms with E-state index in [1.54, 1.807) is 18.2 Å². The van der Waals surface area contributed by atoms with Crippen molar-refractivity contribution in [2.45, 2.75) is 19.8 Å². The molecule has 0 bridgehead atoms. The minimum Gasteiger partial charge on any atom is -0.497 e. The molecule has 0 unspecified atom stereocenters. The lowest BCUT2D eigenvalue weighted by Gasteiger charge is -2.19. The number of rotatable bonds is 9. The average molecular weight is 344 g/mol. The second kappa shape index (κ2) is 8.73. The summed E-state index contributed by atoms with van der Waals surface area (Å²) in [7, 11) is -0.276. The molecule has 0 aliphatic heterocycles. The second-order valence-corrected chi connectivity index (χ2v) is 7.01. The van der Waals surface area contributed by atoms with Gasteiger partial charge < -0.3 is 14.8 Å². The van der Waals surface area contributed by atoms with Gasteiger partial charge in [0, 0.05) is 25.6 Å². The number of sulfonamides is 1. The predicted molar refractivity (Wildman–Crippen MR) is 89.5 cm³/mol. The number of methoxy groups -OCH3 is 2. The number of hydrogen-bond acceptors (Lipinski definition) is 5. The zero-order valence-corrected chi connectivity index (χ0v) is 14.8. The van der Waals surface area contributed by atoms with Gasteiger partial charge in [0.2, 0.25) is 15.9 Å². The number of anilines is 1. The molecule has 0 saturated heterocycles. The van der Waals surface area contributed by atoms with Crippen molar-refractivity contribution in [1.29, 1.82) is 0 Å². The van der Waals surface area contributed by atoms with Crippen molar-refractivity contribution in [3.63, 3.8) is 0 Å². The lowest BCUT2D eigenvalue weighted by atomic mass is 10.2. The minimum absolute atomic E-state index is 0.0629. The molecule has 0 atom stereocenters. The van der Waals surface area contributed by atoms with Gasteiger partial charge in [-0.05, 0) is 18.6 Å². The standard InChI is InChI=1S/C15H24N2O5S/c1-5-9-17(23(4,19)20)10-8-15(18)16-13-11-12(21-2)6-7-14(13)22-3/h6-7,11H,5,8-10H2,1-4H3,(H,16,18). The minimum atomic E-state index is -3.31. The Morgan fingerprint density at radius 1 is 1.22 bits per heavy atom. The van der Waals surface area contributed by atoms with E-state index < -0.39 is 10.0 Å². The summed E-state index contributed by atoms with van der Waals surface area (Å²) in [6.45, 7) is 2.43. The topological polar surface area (TPSA) is 84.9 Å². The fourth-order valence-corrected chi connectivity index (χ4v) is 2.98. The quantitative estimate of drug-likeness (QED) is 0.737. The SMILES string of the molecule is CCCN(CCC(=O)Nc1cc(OC)ccc1OC)S(C)(=O)=O. The van der Waals surface area contributed by atoms with Gasteiger partial charge in [0.05, 0.1) is 26.2 Å². The Morgan fingerprint density at radius 2 is 1.91 bits per heavy atom. The van der Waals surface area contributed by atoms with Crippen LogP contribution in [0, 0.1) is 0 Å². The van der Waals surface area contributed by atoms with Gasteiger partial charge in [-0.15, -0.1) is 0 Å². The van der Waals surface area contributed by atoms with Gasteiger partial charge >= 0.3 is 0 Å². The van der Waals surface area contributed by atoms with Crippen LogP contribution in [0.4, 0.5) is 5.69 Å². The van der Waals surface area contributed by atoms with Gasteiger partial charge in [-0.3, -0.25) is 4.79 Å². The van der Waals surface area contributed by atoms with Crippen molar-refractivity contribution in [2.24, 2.45) is 0 Å². The first kappa shape index (κ1) is 19.2. The van der Waals surface area contributed by atoms with Gasteiger partial charge in [-0.2, -0.15) is 0 Å². The Bertz CT molecular complexity index is 631. The number of hydrogen-bond donors (Lipinski definition) is 1. The first-order valence-electron chi connectivity index (χ1n) is 7.28. The largest absolute Gasteiger partial charge is 0.497 e. The first-order chi connectivity index (χ1) is 10.8. The van der Waals surface area contributed by atoms with Crippen molar-refractivity contribution in [1.82, 2.24) is 4.31 Å². The molecule has 1 aromatic carbocycles. The number of nitrogens with zero attached hydrogens (tertiary/aromatic N) is 1. The van der Waals surface area contributed by atoms with E-state index in [2.05, 4.69) is 5.32 Å². The lowest BCUT2D eigenvalue weighted by molar-refractivity contribution is -0.116. The third-order valence-corrected chi connectivity index (χ3v) is 4.51. The maximum Gasteiger partial charge on any atom is 0.225 e. The molecule has 7 nitrogen and oxygen atoms in total.